The second kappa shape index (κ2) is 7.85. The lowest BCUT2D eigenvalue weighted by Gasteiger charge is -2.42. The van der Waals surface area contributed by atoms with Crippen molar-refractivity contribution in [3.63, 3.8) is 0 Å². The number of nitrogens with one attached hydrogen (secondary N) is 2. The number of hydrogen-bond donors (Lipinski definition) is 3. The molecule has 8 nitrogen and oxygen atoms in total. The van der Waals surface area contributed by atoms with E-state index in [1.165, 1.54) is 0 Å². The molecule has 148 valence electrons. The van der Waals surface area contributed by atoms with E-state index in [0.717, 1.165) is 25.6 Å². The van der Waals surface area contributed by atoms with Crippen LogP contribution in [0.5, 0.6) is 0 Å². The summed E-state index contributed by atoms with van der Waals surface area (Å²) in [5.74, 6) is -0.562. The van der Waals surface area contributed by atoms with Gasteiger partial charge < -0.3 is 10.4 Å². The second-order valence-corrected chi connectivity index (χ2v) is 9.23. The molecule has 0 aliphatic heterocycles. The number of sulfonamides is 1. The predicted molar refractivity (Wildman–Crippen MR) is 101 cm³/mol. The molecule has 9 heteroatoms. The van der Waals surface area contributed by atoms with Crippen LogP contribution in [0.3, 0.4) is 0 Å². The van der Waals surface area contributed by atoms with Crippen LogP contribution in [0.4, 0.5) is 5.69 Å². The van der Waals surface area contributed by atoms with E-state index in [1.54, 1.807) is 24.3 Å². The molecule has 0 spiro atoms. The number of para-hydroxylation sites is 1. The number of rotatable bonds is 9. The molecular weight excluding hydrogens is 370 g/mol. The largest absolute Gasteiger partial charge is 0.480 e. The fraction of sp³-hybridized carbons (Fsp3) is 0.556. The van der Waals surface area contributed by atoms with Crippen molar-refractivity contribution < 1.29 is 23.1 Å². The van der Waals surface area contributed by atoms with Crippen molar-refractivity contribution in [1.82, 2.24) is 10.2 Å². The van der Waals surface area contributed by atoms with Crippen molar-refractivity contribution in [3.8, 4) is 0 Å². The van der Waals surface area contributed by atoms with Crippen LogP contribution >= 0.6 is 0 Å². The van der Waals surface area contributed by atoms with Crippen LogP contribution in [0.2, 0.25) is 0 Å². The van der Waals surface area contributed by atoms with Crippen molar-refractivity contribution in [3.05, 3.63) is 29.8 Å². The minimum Gasteiger partial charge on any atom is -0.480 e. The standard InChI is InChI=1S/C18H25N3O5S/c1-27(25,26)20-16-5-3-2-4-15(16)18(24)19-13-8-14(9-13)21(11-17(22)23)10-12-6-7-12/h2-5,12-14,20H,6-11H2,1H3,(H,19,24)(H,22,23). The molecule has 2 aliphatic carbocycles. The molecular formula is C18H25N3O5S. The molecule has 0 bridgehead atoms. The zero-order valence-corrected chi connectivity index (χ0v) is 16.0. The molecule has 2 fully saturated rings. The molecule has 3 N–H and O–H groups in total. The first-order valence-corrected chi connectivity index (χ1v) is 10.9. The van der Waals surface area contributed by atoms with Gasteiger partial charge in [0.25, 0.3) is 5.91 Å². The quantitative estimate of drug-likeness (QED) is 0.577. The van der Waals surface area contributed by atoms with Gasteiger partial charge >= 0.3 is 5.97 Å². The summed E-state index contributed by atoms with van der Waals surface area (Å²) < 4.78 is 25.3. The summed E-state index contributed by atoms with van der Waals surface area (Å²) in [7, 11) is -3.48. The molecule has 0 aromatic heterocycles. The zero-order chi connectivity index (χ0) is 19.6. The molecule has 27 heavy (non-hydrogen) atoms. The highest BCUT2D eigenvalue weighted by molar-refractivity contribution is 7.92. The molecule has 3 rings (SSSR count). The van der Waals surface area contributed by atoms with Gasteiger partial charge in [-0.15, -0.1) is 0 Å². The van der Waals surface area contributed by atoms with E-state index < -0.39 is 16.0 Å². The van der Waals surface area contributed by atoms with Gasteiger partial charge in [-0.25, -0.2) is 8.42 Å². The van der Waals surface area contributed by atoms with Gasteiger partial charge in [0.05, 0.1) is 24.1 Å². The third-order valence-electron chi connectivity index (χ3n) is 4.96. The van der Waals surface area contributed by atoms with Crippen LogP contribution < -0.4 is 10.0 Å². The maximum atomic E-state index is 12.5. The molecule has 1 aromatic rings. The maximum Gasteiger partial charge on any atom is 0.317 e. The van der Waals surface area contributed by atoms with Crippen molar-refractivity contribution in [2.24, 2.45) is 5.92 Å². The number of aliphatic carboxylic acids is 1. The Bertz CT molecular complexity index is 816. The second-order valence-electron chi connectivity index (χ2n) is 7.48. The normalized spacial score (nSPS) is 22.1. The van der Waals surface area contributed by atoms with E-state index in [0.29, 0.717) is 18.8 Å². The van der Waals surface area contributed by atoms with E-state index in [9.17, 15) is 18.0 Å². The lowest BCUT2D eigenvalue weighted by molar-refractivity contribution is -0.139. The fourth-order valence-corrected chi connectivity index (χ4v) is 3.96. The first kappa shape index (κ1) is 19.6. The summed E-state index contributed by atoms with van der Waals surface area (Å²) in [6.45, 7) is 0.835. The summed E-state index contributed by atoms with van der Waals surface area (Å²) in [6.07, 6.45) is 4.76. The third-order valence-corrected chi connectivity index (χ3v) is 5.55. The van der Waals surface area contributed by atoms with Crippen molar-refractivity contribution >= 4 is 27.6 Å². The Labute approximate surface area is 159 Å². The van der Waals surface area contributed by atoms with Gasteiger partial charge in [0.15, 0.2) is 0 Å². The summed E-state index contributed by atoms with van der Waals surface area (Å²) in [6, 6.07) is 6.58. The topological polar surface area (TPSA) is 116 Å². The molecule has 0 saturated heterocycles. The van der Waals surface area contributed by atoms with Crippen LogP contribution in [0, 0.1) is 5.92 Å². The number of amides is 1. The molecule has 1 aromatic carbocycles. The smallest absolute Gasteiger partial charge is 0.317 e. The van der Waals surface area contributed by atoms with Crippen LogP contribution in [0.1, 0.15) is 36.0 Å². The predicted octanol–water partition coefficient (Wildman–Crippen LogP) is 1.12. The summed E-state index contributed by atoms with van der Waals surface area (Å²) in [5.41, 5.74) is 0.515. The van der Waals surface area contributed by atoms with E-state index in [1.807, 2.05) is 4.90 Å². The van der Waals surface area contributed by atoms with Crippen LogP contribution in [-0.4, -0.2) is 61.7 Å². The SMILES string of the molecule is CS(=O)(=O)Nc1ccccc1C(=O)NC1CC(N(CC(=O)O)CC2CC2)C1. The Hall–Kier alpha value is -2.13. The van der Waals surface area contributed by atoms with Gasteiger partial charge in [0.1, 0.15) is 0 Å². The van der Waals surface area contributed by atoms with Gasteiger partial charge in [0, 0.05) is 18.6 Å². The first-order chi connectivity index (χ1) is 12.7. The van der Waals surface area contributed by atoms with Gasteiger partial charge in [-0.2, -0.15) is 0 Å². The molecule has 2 saturated carbocycles. The third kappa shape index (κ3) is 5.67. The van der Waals surface area contributed by atoms with Crippen molar-refractivity contribution in [2.45, 2.75) is 37.8 Å². The molecule has 2 aliphatic rings. The summed E-state index contributed by atoms with van der Waals surface area (Å²) in [4.78, 5) is 25.6. The number of hydrogen-bond acceptors (Lipinski definition) is 5. The maximum absolute atomic E-state index is 12.5. The molecule has 0 atom stereocenters. The summed E-state index contributed by atoms with van der Waals surface area (Å²) >= 11 is 0. The Balaban J connectivity index is 1.56. The zero-order valence-electron chi connectivity index (χ0n) is 15.2. The highest BCUT2D eigenvalue weighted by Gasteiger charge is 2.38. The Morgan fingerprint density at radius 3 is 2.48 bits per heavy atom. The minimum atomic E-state index is -3.48. The van der Waals surface area contributed by atoms with Crippen LogP contribution in [-0.2, 0) is 14.8 Å². The molecule has 1 amide bonds. The lowest BCUT2D eigenvalue weighted by atomic mass is 9.85. The minimum absolute atomic E-state index is 0.0307. The Morgan fingerprint density at radius 2 is 1.89 bits per heavy atom. The number of carboxylic acids is 1. The van der Waals surface area contributed by atoms with Crippen molar-refractivity contribution in [1.29, 1.82) is 0 Å². The fourth-order valence-electron chi connectivity index (χ4n) is 3.39. The average Bonchev–Trinajstić information content (AvgIpc) is 3.32. The number of carboxylic acid groups (broad SMARTS) is 1. The highest BCUT2D eigenvalue weighted by atomic mass is 32.2. The van der Waals surface area contributed by atoms with E-state index >= 15 is 0 Å². The molecule has 0 heterocycles. The summed E-state index contributed by atoms with van der Waals surface area (Å²) in [5, 5.41) is 12.0. The van der Waals surface area contributed by atoms with Gasteiger partial charge in [0.2, 0.25) is 10.0 Å². The van der Waals surface area contributed by atoms with E-state index in [2.05, 4.69) is 10.0 Å². The Kier molecular flexibility index (Phi) is 5.71. The number of carbonyl (C=O) groups excluding carboxylic acids is 1. The number of benzene rings is 1. The molecule has 0 radical (unpaired) electrons. The van der Waals surface area contributed by atoms with E-state index in [4.69, 9.17) is 5.11 Å². The van der Waals surface area contributed by atoms with Crippen LogP contribution in [0.25, 0.3) is 0 Å². The number of anilines is 1. The highest BCUT2D eigenvalue weighted by Crippen LogP contribution is 2.34. The van der Waals surface area contributed by atoms with Gasteiger partial charge in [-0.1, -0.05) is 12.1 Å². The van der Waals surface area contributed by atoms with Crippen LogP contribution in [0.15, 0.2) is 24.3 Å². The average molecular weight is 395 g/mol. The van der Waals surface area contributed by atoms with Crippen molar-refractivity contribution in [2.75, 3.05) is 24.1 Å². The van der Waals surface area contributed by atoms with E-state index in [-0.39, 0.29) is 35.8 Å². The lowest BCUT2D eigenvalue weighted by Crippen LogP contribution is -2.55. The molecule has 0 unspecified atom stereocenters. The van der Waals surface area contributed by atoms with Gasteiger partial charge in [-0.3, -0.25) is 19.2 Å². The van der Waals surface area contributed by atoms with Gasteiger partial charge in [-0.05, 0) is 43.7 Å². The number of nitrogens with zero attached hydrogens (tertiary/aromatic N) is 1. The number of carbonyl (C=O) groups is 2. The Morgan fingerprint density at radius 1 is 1.22 bits per heavy atom. The monoisotopic (exact) mass is 395 g/mol. The first-order valence-electron chi connectivity index (χ1n) is 9.05.